The van der Waals surface area contributed by atoms with Gasteiger partial charge < -0.3 is 15.9 Å². The molecule has 0 bridgehead atoms. The standard InChI is InChI=1S/C16H23NO2.ClH/c17-11-10-15-7-1-2-8-16(15,19)9-6-12-13(15)4-3-5-14(12)18;/h3-5,18-19H,1-2,6-11,17H2;1H/t15-,16+;/m0./s1. The number of halogens is 1. The molecule has 0 aromatic heterocycles. The molecule has 4 heteroatoms. The molecule has 2 atom stereocenters. The van der Waals surface area contributed by atoms with Crippen molar-refractivity contribution in [1.29, 1.82) is 0 Å². The van der Waals surface area contributed by atoms with E-state index in [0.29, 0.717) is 12.3 Å². The number of hydrogen-bond donors (Lipinski definition) is 3. The Morgan fingerprint density at radius 2 is 1.90 bits per heavy atom. The zero-order valence-corrected chi connectivity index (χ0v) is 12.6. The lowest BCUT2D eigenvalue weighted by Crippen LogP contribution is -2.57. The van der Waals surface area contributed by atoms with E-state index < -0.39 is 5.60 Å². The van der Waals surface area contributed by atoms with Crippen molar-refractivity contribution < 1.29 is 10.2 Å². The van der Waals surface area contributed by atoms with E-state index in [4.69, 9.17) is 5.73 Å². The fourth-order valence-electron chi connectivity index (χ4n) is 4.42. The molecule has 0 radical (unpaired) electrons. The van der Waals surface area contributed by atoms with E-state index in [1.807, 2.05) is 6.07 Å². The Kier molecular flexibility index (Phi) is 4.33. The third-order valence-corrected chi connectivity index (χ3v) is 5.36. The topological polar surface area (TPSA) is 66.5 Å². The monoisotopic (exact) mass is 297 g/mol. The Bertz CT molecular complexity index is 489. The highest BCUT2D eigenvalue weighted by atomic mass is 35.5. The second-order valence-corrected chi connectivity index (χ2v) is 6.16. The smallest absolute Gasteiger partial charge is 0.119 e. The highest BCUT2D eigenvalue weighted by Crippen LogP contribution is 2.55. The summed E-state index contributed by atoms with van der Waals surface area (Å²) in [4.78, 5) is 0. The van der Waals surface area contributed by atoms with E-state index in [9.17, 15) is 10.2 Å². The van der Waals surface area contributed by atoms with Gasteiger partial charge in [0.25, 0.3) is 0 Å². The van der Waals surface area contributed by atoms with Gasteiger partial charge in [0.15, 0.2) is 0 Å². The summed E-state index contributed by atoms with van der Waals surface area (Å²) in [6.45, 7) is 0.581. The van der Waals surface area contributed by atoms with Crippen LogP contribution in [0.25, 0.3) is 0 Å². The third kappa shape index (κ3) is 2.03. The molecule has 112 valence electrons. The van der Waals surface area contributed by atoms with Gasteiger partial charge in [-0.2, -0.15) is 0 Å². The summed E-state index contributed by atoms with van der Waals surface area (Å²) >= 11 is 0. The van der Waals surface area contributed by atoms with Crippen molar-refractivity contribution in [1.82, 2.24) is 0 Å². The predicted molar refractivity (Wildman–Crippen MR) is 82.4 cm³/mol. The van der Waals surface area contributed by atoms with E-state index in [0.717, 1.165) is 56.1 Å². The van der Waals surface area contributed by atoms with Gasteiger partial charge in [0, 0.05) is 5.41 Å². The lowest BCUT2D eigenvalue weighted by atomic mass is 9.53. The van der Waals surface area contributed by atoms with Crippen LogP contribution in [-0.4, -0.2) is 22.4 Å². The SMILES string of the molecule is Cl.NCC[C@]12CCCC[C@@]1(O)CCc1c(O)cccc12. The van der Waals surface area contributed by atoms with E-state index >= 15 is 0 Å². The average molecular weight is 298 g/mol. The fourth-order valence-corrected chi connectivity index (χ4v) is 4.42. The minimum absolute atomic E-state index is 0. The molecule has 1 aromatic rings. The predicted octanol–water partition coefficient (Wildman–Crippen LogP) is 2.65. The molecule has 2 aliphatic carbocycles. The Morgan fingerprint density at radius 3 is 2.65 bits per heavy atom. The van der Waals surface area contributed by atoms with E-state index in [1.165, 1.54) is 0 Å². The second-order valence-electron chi connectivity index (χ2n) is 6.16. The molecule has 1 fully saturated rings. The number of phenolic OH excluding ortho intramolecular Hbond substituents is 1. The van der Waals surface area contributed by atoms with Gasteiger partial charge >= 0.3 is 0 Å². The Balaban J connectivity index is 0.00000147. The molecular formula is C16H24ClNO2. The zero-order valence-electron chi connectivity index (χ0n) is 11.8. The quantitative estimate of drug-likeness (QED) is 0.786. The molecule has 0 saturated heterocycles. The normalized spacial score (nSPS) is 31.9. The fraction of sp³-hybridized carbons (Fsp3) is 0.625. The minimum Gasteiger partial charge on any atom is -0.508 e. The molecule has 2 aliphatic rings. The van der Waals surface area contributed by atoms with Crippen LogP contribution >= 0.6 is 12.4 Å². The van der Waals surface area contributed by atoms with Crippen LogP contribution in [0.2, 0.25) is 0 Å². The summed E-state index contributed by atoms with van der Waals surface area (Å²) in [5.41, 5.74) is 7.14. The molecule has 20 heavy (non-hydrogen) atoms. The van der Waals surface area contributed by atoms with Gasteiger partial charge in [-0.05, 0) is 55.8 Å². The van der Waals surface area contributed by atoms with E-state index in [2.05, 4.69) is 6.07 Å². The summed E-state index contributed by atoms with van der Waals surface area (Å²) < 4.78 is 0. The molecular weight excluding hydrogens is 274 g/mol. The number of phenols is 1. The number of rotatable bonds is 2. The van der Waals surface area contributed by atoms with Crippen LogP contribution in [0.3, 0.4) is 0 Å². The minimum atomic E-state index is -0.634. The molecule has 0 unspecified atom stereocenters. The van der Waals surface area contributed by atoms with Crippen molar-refractivity contribution in [2.75, 3.05) is 6.54 Å². The van der Waals surface area contributed by atoms with Crippen molar-refractivity contribution in [3.63, 3.8) is 0 Å². The first-order valence-electron chi connectivity index (χ1n) is 7.37. The molecule has 0 heterocycles. The van der Waals surface area contributed by atoms with Crippen LogP contribution in [0.4, 0.5) is 0 Å². The van der Waals surface area contributed by atoms with Gasteiger partial charge in [0.2, 0.25) is 0 Å². The highest BCUT2D eigenvalue weighted by molar-refractivity contribution is 5.85. The van der Waals surface area contributed by atoms with Gasteiger partial charge in [0.05, 0.1) is 5.60 Å². The molecule has 1 saturated carbocycles. The van der Waals surface area contributed by atoms with Gasteiger partial charge in [-0.25, -0.2) is 0 Å². The average Bonchev–Trinajstić information content (AvgIpc) is 2.40. The van der Waals surface area contributed by atoms with Gasteiger partial charge in [-0.15, -0.1) is 12.4 Å². The first-order valence-corrected chi connectivity index (χ1v) is 7.37. The van der Waals surface area contributed by atoms with Crippen LogP contribution in [0.1, 0.15) is 49.7 Å². The summed E-state index contributed by atoms with van der Waals surface area (Å²) in [5.74, 6) is 0.376. The lowest BCUT2D eigenvalue weighted by molar-refractivity contribution is -0.0864. The van der Waals surface area contributed by atoms with Gasteiger partial charge in [-0.1, -0.05) is 25.0 Å². The van der Waals surface area contributed by atoms with Crippen LogP contribution < -0.4 is 5.73 Å². The first kappa shape index (κ1) is 15.6. The third-order valence-electron chi connectivity index (χ3n) is 5.36. The molecule has 3 nitrogen and oxygen atoms in total. The van der Waals surface area contributed by atoms with E-state index in [1.54, 1.807) is 6.07 Å². The maximum absolute atomic E-state index is 11.2. The number of nitrogens with two attached hydrogens (primary N) is 1. The maximum Gasteiger partial charge on any atom is 0.119 e. The Morgan fingerprint density at radius 1 is 1.15 bits per heavy atom. The largest absolute Gasteiger partial charge is 0.508 e. The van der Waals surface area contributed by atoms with Crippen molar-refractivity contribution in [2.24, 2.45) is 5.73 Å². The van der Waals surface area contributed by atoms with Crippen LogP contribution in [0.15, 0.2) is 18.2 Å². The van der Waals surface area contributed by atoms with Crippen molar-refractivity contribution in [3.05, 3.63) is 29.3 Å². The Labute approximate surface area is 126 Å². The summed E-state index contributed by atoms with van der Waals surface area (Å²) in [6.07, 6.45) is 6.40. The summed E-state index contributed by atoms with van der Waals surface area (Å²) in [7, 11) is 0. The van der Waals surface area contributed by atoms with Crippen molar-refractivity contribution in [3.8, 4) is 5.75 Å². The zero-order chi connectivity index (χ0) is 13.5. The molecule has 1 aromatic carbocycles. The molecule has 0 amide bonds. The van der Waals surface area contributed by atoms with Crippen molar-refractivity contribution >= 4 is 12.4 Å². The van der Waals surface area contributed by atoms with Crippen molar-refractivity contribution in [2.45, 2.75) is 56.0 Å². The molecule has 4 N–H and O–H groups in total. The first-order chi connectivity index (χ1) is 9.13. The van der Waals surface area contributed by atoms with E-state index in [-0.39, 0.29) is 17.8 Å². The van der Waals surface area contributed by atoms with Gasteiger partial charge in [0.1, 0.15) is 5.75 Å². The lowest BCUT2D eigenvalue weighted by Gasteiger charge is -2.54. The highest BCUT2D eigenvalue weighted by Gasteiger charge is 2.54. The summed E-state index contributed by atoms with van der Waals surface area (Å²) in [5, 5.41) is 21.3. The van der Waals surface area contributed by atoms with Crippen LogP contribution in [0.5, 0.6) is 5.75 Å². The van der Waals surface area contributed by atoms with Gasteiger partial charge in [-0.3, -0.25) is 0 Å². The van der Waals surface area contributed by atoms with Crippen LogP contribution in [-0.2, 0) is 11.8 Å². The maximum atomic E-state index is 11.2. The molecule has 3 rings (SSSR count). The second kappa shape index (κ2) is 5.55. The molecule has 0 spiro atoms. The summed E-state index contributed by atoms with van der Waals surface area (Å²) in [6, 6.07) is 5.73. The number of benzene rings is 1. The number of fused-ring (bicyclic) bond motifs is 3. The number of aromatic hydroxyl groups is 1. The number of aliphatic hydroxyl groups is 1. The number of hydrogen-bond acceptors (Lipinski definition) is 3. The Hall–Kier alpha value is -0.770. The molecule has 0 aliphatic heterocycles. The van der Waals surface area contributed by atoms with Crippen LogP contribution in [0, 0.1) is 0 Å².